The Kier molecular flexibility index (Phi) is 3.62. The SMILES string of the molecule is Fc1cnc2n[nH]c(-c3nc(NC4CC5CCC4CC5)c4ccsc4n3)c2c1. The fourth-order valence-corrected chi connectivity index (χ4v) is 5.62. The highest BCUT2D eigenvalue weighted by molar-refractivity contribution is 7.16. The predicted molar refractivity (Wildman–Crippen MR) is 108 cm³/mol. The molecule has 0 aromatic carbocycles. The van der Waals surface area contributed by atoms with Crippen LogP contribution >= 0.6 is 11.3 Å². The minimum absolute atomic E-state index is 0.399. The number of thiophene rings is 1. The van der Waals surface area contributed by atoms with Crippen molar-refractivity contribution in [3.63, 3.8) is 0 Å². The van der Waals surface area contributed by atoms with Crippen LogP contribution in [0.1, 0.15) is 32.1 Å². The molecule has 0 aliphatic heterocycles. The van der Waals surface area contributed by atoms with Crippen molar-refractivity contribution in [1.29, 1.82) is 0 Å². The number of halogens is 1. The van der Waals surface area contributed by atoms with E-state index in [1.165, 1.54) is 44.4 Å². The van der Waals surface area contributed by atoms with E-state index in [1.807, 2.05) is 5.38 Å². The molecule has 7 rings (SSSR count). The lowest BCUT2D eigenvalue weighted by Gasteiger charge is -2.42. The van der Waals surface area contributed by atoms with E-state index in [0.717, 1.165) is 27.9 Å². The van der Waals surface area contributed by atoms with Crippen molar-refractivity contribution >= 4 is 38.4 Å². The van der Waals surface area contributed by atoms with E-state index >= 15 is 0 Å². The molecule has 2 N–H and O–H groups in total. The van der Waals surface area contributed by atoms with Gasteiger partial charge in [0.1, 0.15) is 22.2 Å². The normalized spacial score (nSPS) is 24.2. The van der Waals surface area contributed by atoms with Gasteiger partial charge in [-0.15, -0.1) is 11.3 Å². The second-order valence-corrected chi connectivity index (χ2v) is 8.82. The molecule has 3 aliphatic carbocycles. The Balaban J connectivity index is 1.45. The fourth-order valence-electron chi connectivity index (χ4n) is 4.85. The second kappa shape index (κ2) is 6.20. The summed E-state index contributed by atoms with van der Waals surface area (Å²) in [6.45, 7) is 0. The summed E-state index contributed by atoms with van der Waals surface area (Å²) in [5.74, 6) is 2.55. The smallest absolute Gasteiger partial charge is 0.181 e. The zero-order valence-corrected chi connectivity index (χ0v) is 16.0. The maximum absolute atomic E-state index is 13.7. The Morgan fingerprint density at radius 3 is 2.86 bits per heavy atom. The Morgan fingerprint density at radius 1 is 1.14 bits per heavy atom. The van der Waals surface area contributed by atoms with Gasteiger partial charge in [0.25, 0.3) is 0 Å². The summed E-state index contributed by atoms with van der Waals surface area (Å²) in [7, 11) is 0. The van der Waals surface area contributed by atoms with E-state index in [1.54, 1.807) is 11.3 Å². The third kappa shape index (κ3) is 2.58. The Hall–Kier alpha value is -2.61. The first kappa shape index (κ1) is 16.4. The third-order valence-electron chi connectivity index (χ3n) is 6.29. The average Bonchev–Trinajstić information content (AvgIpc) is 3.35. The Labute approximate surface area is 164 Å². The van der Waals surface area contributed by atoms with Gasteiger partial charge in [0, 0.05) is 6.04 Å². The molecule has 4 aromatic rings. The van der Waals surface area contributed by atoms with Crippen molar-refractivity contribution in [2.24, 2.45) is 11.8 Å². The summed E-state index contributed by atoms with van der Waals surface area (Å²) in [5, 5.41) is 14.5. The molecule has 8 heteroatoms. The lowest BCUT2D eigenvalue weighted by molar-refractivity contribution is 0.157. The number of pyridine rings is 1. The minimum atomic E-state index is -0.399. The predicted octanol–water partition coefficient (Wildman–Crippen LogP) is 4.76. The van der Waals surface area contributed by atoms with Gasteiger partial charge in [0.2, 0.25) is 0 Å². The maximum Gasteiger partial charge on any atom is 0.181 e. The lowest BCUT2D eigenvalue weighted by atomic mass is 9.68. The molecule has 0 saturated heterocycles. The van der Waals surface area contributed by atoms with Crippen LogP contribution in [0.2, 0.25) is 0 Å². The molecular formula is C20H19FN6S. The van der Waals surface area contributed by atoms with Crippen LogP contribution in [0.3, 0.4) is 0 Å². The van der Waals surface area contributed by atoms with Crippen LogP contribution in [0.15, 0.2) is 23.7 Å². The zero-order valence-electron chi connectivity index (χ0n) is 15.2. The van der Waals surface area contributed by atoms with Crippen molar-refractivity contribution in [2.45, 2.75) is 38.1 Å². The molecule has 1 atom stereocenters. The summed E-state index contributed by atoms with van der Waals surface area (Å²) < 4.78 is 13.7. The zero-order chi connectivity index (χ0) is 18.7. The van der Waals surface area contributed by atoms with E-state index in [9.17, 15) is 4.39 Å². The molecule has 3 saturated carbocycles. The summed E-state index contributed by atoms with van der Waals surface area (Å²) >= 11 is 1.58. The van der Waals surface area contributed by atoms with Gasteiger partial charge in [0.05, 0.1) is 17.0 Å². The summed E-state index contributed by atoms with van der Waals surface area (Å²) in [6.07, 6.45) is 7.74. The highest BCUT2D eigenvalue weighted by Crippen LogP contribution is 2.43. The number of aromatic nitrogens is 5. The van der Waals surface area contributed by atoms with E-state index in [-0.39, 0.29) is 0 Å². The van der Waals surface area contributed by atoms with Crippen molar-refractivity contribution in [3.8, 4) is 11.5 Å². The quantitative estimate of drug-likeness (QED) is 0.524. The van der Waals surface area contributed by atoms with Crippen molar-refractivity contribution in [2.75, 3.05) is 5.32 Å². The largest absolute Gasteiger partial charge is 0.366 e. The molecule has 3 aliphatic rings. The molecule has 4 aromatic heterocycles. The molecule has 6 nitrogen and oxygen atoms in total. The molecule has 1 unspecified atom stereocenters. The summed E-state index contributed by atoms with van der Waals surface area (Å²) in [5.41, 5.74) is 1.07. The van der Waals surface area contributed by atoms with Crippen LogP contribution < -0.4 is 5.32 Å². The average molecular weight is 394 g/mol. The topological polar surface area (TPSA) is 79.4 Å². The first-order chi connectivity index (χ1) is 13.7. The maximum atomic E-state index is 13.7. The molecular weight excluding hydrogens is 375 g/mol. The molecule has 142 valence electrons. The van der Waals surface area contributed by atoms with Gasteiger partial charge >= 0.3 is 0 Å². The molecule has 2 bridgehead atoms. The number of hydrogen-bond donors (Lipinski definition) is 2. The standard InChI is InChI=1S/C20H19FN6S/c21-12-8-14-16(26-27-17(14)22-9-12)19-24-18(13-5-6-28-20(13)25-19)23-15-7-10-1-3-11(15)4-2-10/h5-6,8-11,15H,1-4,7H2,(H,22,26,27)(H,23,24,25). The summed E-state index contributed by atoms with van der Waals surface area (Å²) in [6, 6.07) is 3.96. The molecule has 0 radical (unpaired) electrons. The number of rotatable bonds is 3. The highest BCUT2D eigenvalue weighted by atomic mass is 32.1. The van der Waals surface area contributed by atoms with Crippen molar-refractivity contribution in [1.82, 2.24) is 25.1 Å². The van der Waals surface area contributed by atoms with Gasteiger partial charge in [-0.2, -0.15) is 5.10 Å². The van der Waals surface area contributed by atoms with Crippen LogP contribution in [0.25, 0.3) is 32.8 Å². The number of nitrogens with one attached hydrogen (secondary N) is 2. The monoisotopic (exact) mass is 394 g/mol. The van der Waals surface area contributed by atoms with Crippen LogP contribution in [0.4, 0.5) is 10.2 Å². The Morgan fingerprint density at radius 2 is 2.04 bits per heavy atom. The number of aromatic amines is 1. The van der Waals surface area contributed by atoms with Gasteiger partial charge in [0.15, 0.2) is 11.5 Å². The van der Waals surface area contributed by atoms with E-state index in [4.69, 9.17) is 9.97 Å². The highest BCUT2D eigenvalue weighted by Gasteiger charge is 2.36. The van der Waals surface area contributed by atoms with E-state index in [2.05, 4.69) is 26.6 Å². The minimum Gasteiger partial charge on any atom is -0.366 e. The second-order valence-electron chi connectivity index (χ2n) is 7.93. The molecule has 3 fully saturated rings. The first-order valence-electron chi connectivity index (χ1n) is 9.76. The number of nitrogens with zero attached hydrogens (tertiary/aromatic N) is 4. The van der Waals surface area contributed by atoms with E-state index in [0.29, 0.717) is 28.6 Å². The Bertz CT molecular complexity index is 1180. The van der Waals surface area contributed by atoms with Crippen LogP contribution in [0, 0.1) is 17.7 Å². The number of hydrogen-bond acceptors (Lipinski definition) is 6. The van der Waals surface area contributed by atoms with Gasteiger partial charge in [-0.3, -0.25) is 5.10 Å². The number of fused-ring (bicyclic) bond motifs is 5. The fraction of sp³-hybridized carbons (Fsp3) is 0.400. The lowest BCUT2D eigenvalue weighted by Crippen LogP contribution is -2.40. The molecule has 4 heterocycles. The number of anilines is 1. The first-order valence-corrected chi connectivity index (χ1v) is 10.6. The summed E-state index contributed by atoms with van der Waals surface area (Å²) in [4.78, 5) is 14.5. The van der Waals surface area contributed by atoms with Crippen LogP contribution in [-0.2, 0) is 0 Å². The molecule has 0 amide bonds. The van der Waals surface area contributed by atoms with Gasteiger partial charge in [-0.1, -0.05) is 12.8 Å². The van der Waals surface area contributed by atoms with Crippen LogP contribution in [-0.4, -0.2) is 31.2 Å². The van der Waals surface area contributed by atoms with Gasteiger partial charge < -0.3 is 5.32 Å². The van der Waals surface area contributed by atoms with Crippen molar-refractivity contribution in [3.05, 3.63) is 29.5 Å². The number of H-pyrrole nitrogens is 1. The molecule has 28 heavy (non-hydrogen) atoms. The third-order valence-corrected chi connectivity index (χ3v) is 7.10. The van der Waals surface area contributed by atoms with Crippen LogP contribution in [0.5, 0.6) is 0 Å². The van der Waals surface area contributed by atoms with Gasteiger partial charge in [-0.25, -0.2) is 19.3 Å². The van der Waals surface area contributed by atoms with Gasteiger partial charge in [-0.05, 0) is 48.6 Å². The molecule has 0 spiro atoms. The van der Waals surface area contributed by atoms with E-state index < -0.39 is 5.82 Å². The van der Waals surface area contributed by atoms with Crippen molar-refractivity contribution < 1.29 is 4.39 Å².